The first-order valence-electron chi connectivity index (χ1n) is 7.88. The molecule has 22 heavy (non-hydrogen) atoms. The molecule has 0 saturated carbocycles. The Morgan fingerprint density at radius 1 is 1.32 bits per heavy atom. The molecule has 2 heterocycles. The first-order chi connectivity index (χ1) is 10.8. The first kappa shape index (κ1) is 14.6. The number of aromatic nitrogens is 1. The summed E-state index contributed by atoms with van der Waals surface area (Å²) >= 11 is 0. The van der Waals surface area contributed by atoms with Gasteiger partial charge in [-0.05, 0) is 30.5 Å². The number of pyridine rings is 1. The number of benzene rings is 1. The topological polar surface area (TPSA) is 45.2 Å². The molecule has 0 saturated heterocycles. The minimum atomic E-state index is -0.0460. The molecule has 0 unspecified atom stereocenters. The summed E-state index contributed by atoms with van der Waals surface area (Å²) in [4.78, 5) is 18.6. The lowest BCUT2D eigenvalue weighted by Crippen LogP contribution is -2.25. The van der Waals surface area contributed by atoms with E-state index in [-0.39, 0.29) is 5.91 Å². The van der Waals surface area contributed by atoms with Gasteiger partial charge in [-0.1, -0.05) is 31.5 Å². The Morgan fingerprint density at radius 3 is 3.05 bits per heavy atom. The highest BCUT2D eigenvalue weighted by atomic mass is 16.1. The molecule has 0 radical (unpaired) electrons. The van der Waals surface area contributed by atoms with Crippen molar-refractivity contribution in [1.82, 2.24) is 10.3 Å². The Balaban J connectivity index is 1.79. The van der Waals surface area contributed by atoms with E-state index in [1.807, 2.05) is 18.3 Å². The van der Waals surface area contributed by atoms with Gasteiger partial charge in [-0.15, -0.1) is 0 Å². The number of unbranched alkanes of at least 4 members (excludes halogenated alkanes) is 1. The van der Waals surface area contributed by atoms with Crippen LogP contribution in [0.5, 0.6) is 0 Å². The van der Waals surface area contributed by atoms with E-state index in [4.69, 9.17) is 0 Å². The van der Waals surface area contributed by atoms with E-state index >= 15 is 0 Å². The molecule has 1 aliphatic heterocycles. The highest BCUT2D eigenvalue weighted by Gasteiger charge is 2.20. The van der Waals surface area contributed by atoms with Gasteiger partial charge in [0.1, 0.15) is 0 Å². The zero-order chi connectivity index (χ0) is 15.4. The maximum Gasteiger partial charge on any atom is 0.252 e. The van der Waals surface area contributed by atoms with Crippen LogP contribution in [-0.2, 0) is 6.42 Å². The van der Waals surface area contributed by atoms with Crippen molar-refractivity contribution in [3.63, 3.8) is 0 Å². The van der Waals surface area contributed by atoms with Crippen LogP contribution in [0.4, 0.5) is 11.4 Å². The summed E-state index contributed by atoms with van der Waals surface area (Å²) < 4.78 is 0. The van der Waals surface area contributed by atoms with E-state index in [1.54, 1.807) is 6.20 Å². The van der Waals surface area contributed by atoms with Gasteiger partial charge >= 0.3 is 0 Å². The second-order valence-electron chi connectivity index (χ2n) is 5.57. The van der Waals surface area contributed by atoms with Crippen molar-refractivity contribution in [3.05, 3.63) is 53.9 Å². The molecule has 0 spiro atoms. The second kappa shape index (κ2) is 6.60. The average molecular weight is 295 g/mol. The Hall–Kier alpha value is -2.36. The van der Waals surface area contributed by atoms with Crippen molar-refractivity contribution in [3.8, 4) is 0 Å². The van der Waals surface area contributed by atoms with Gasteiger partial charge in [0.15, 0.2) is 0 Å². The fraction of sp³-hybridized carbons (Fsp3) is 0.333. The molecule has 3 rings (SSSR count). The van der Waals surface area contributed by atoms with E-state index in [1.165, 1.54) is 11.3 Å². The molecule has 0 atom stereocenters. The van der Waals surface area contributed by atoms with Crippen LogP contribution in [0, 0.1) is 0 Å². The average Bonchev–Trinajstić information content (AvgIpc) is 2.99. The Kier molecular flexibility index (Phi) is 4.37. The molecule has 0 bridgehead atoms. The monoisotopic (exact) mass is 295 g/mol. The van der Waals surface area contributed by atoms with E-state index in [0.717, 1.165) is 31.5 Å². The molecular formula is C18H21N3O. The predicted octanol–water partition coefficient (Wildman–Crippen LogP) is 3.31. The quantitative estimate of drug-likeness (QED) is 0.861. The Bertz CT molecular complexity index is 669. The molecule has 2 aromatic rings. The number of hydrogen-bond donors (Lipinski definition) is 1. The summed E-state index contributed by atoms with van der Waals surface area (Å²) in [6, 6.07) is 10.3. The minimum Gasteiger partial charge on any atom is -0.352 e. The summed E-state index contributed by atoms with van der Waals surface area (Å²) in [7, 11) is 0. The third kappa shape index (κ3) is 2.96. The maximum absolute atomic E-state index is 12.2. The third-order valence-corrected chi connectivity index (χ3v) is 4.00. The summed E-state index contributed by atoms with van der Waals surface area (Å²) in [5.41, 5.74) is 4.17. The van der Waals surface area contributed by atoms with Crippen molar-refractivity contribution in [2.45, 2.75) is 26.2 Å². The molecule has 0 aliphatic carbocycles. The smallest absolute Gasteiger partial charge is 0.252 e. The number of para-hydroxylation sites is 1. The molecule has 114 valence electrons. The number of carbonyl (C=O) groups excluding carboxylic acids is 1. The molecule has 1 aromatic carbocycles. The maximum atomic E-state index is 12.2. The molecule has 1 aliphatic rings. The molecule has 0 fully saturated rings. The number of anilines is 2. The second-order valence-corrected chi connectivity index (χ2v) is 5.57. The number of carbonyl (C=O) groups is 1. The first-order valence-corrected chi connectivity index (χ1v) is 7.88. The van der Waals surface area contributed by atoms with Gasteiger partial charge < -0.3 is 10.2 Å². The number of hydrogen-bond acceptors (Lipinski definition) is 3. The van der Waals surface area contributed by atoms with Gasteiger partial charge in [0.25, 0.3) is 5.91 Å². The van der Waals surface area contributed by atoms with Crippen LogP contribution >= 0.6 is 0 Å². The van der Waals surface area contributed by atoms with Crippen molar-refractivity contribution in [2.24, 2.45) is 0 Å². The SMILES string of the molecule is CCCCNC(=O)c1cncc(N2CCc3ccccc32)c1. The van der Waals surface area contributed by atoms with Crippen LogP contribution < -0.4 is 10.2 Å². The lowest BCUT2D eigenvalue weighted by atomic mass is 10.2. The van der Waals surface area contributed by atoms with Gasteiger partial charge in [-0.3, -0.25) is 9.78 Å². The summed E-state index contributed by atoms with van der Waals surface area (Å²) in [5, 5.41) is 2.94. The van der Waals surface area contributed by atoms with Gasteiger partial charge in [0, 0.05) is 25.0 Å². The molecule has 4 heteroatoms. The summed E-state index contributed by atoms with van der Waals surface area (Å²) in [5.74, 6) is -0.0460. The highest BCUT2D eigenvalue weighted by Crippen LogP contribution is 2.33. The molecule has 1 aromatic heterocycles. The van der Waals surface area contributed by atoms with Crippen molar-refractivity contribution in [2.75, 3.05) is 18.0 Å². The van der Waals surface area contributed by atoms with E-state index in [0.29, 0.717) is 12.1 Å². The standard InChI is InChI=1S/C18H21N3O/c1-2-3-9-20-18(22)15-11-16(13-19-12-15)21-10-8-14-6-4-5-7-17(14)21/h4-7,11-13H,2-3,8-10H2,1H3,(H,20,22). The number of nitrogens with zero attached hydrogens (tertiary/aromatic N) is 2. The number of rotatable bonds is 5. The van der Waals surface area contributed by atoms with Crippen molar-refractivity contribution >= 4 is 17.3 Å². The van der Waals surface area contributed by atoms with Crippen LogP contribution in [0.2, 0.25) is 0 Å². The lowest BCUT2D eigenvalue weighted by molar-refractivity contribution is 0.0953. The van der Waals surface area contributed by atoms with E-state index in [2.05, 4.69) is 40.3 Å². The zero-order valence-electron chi connectivity index (χ0n) is 12.9. The highest BCUT2D eigenvalue weighted by molar-refractivity contribution is 5.95. The van der Waals surface area contributed by atoms with Gasteiger partial charge in [-0.25, -0.2) is 0 Å². The van der Waals surface area contributed by atoms with Gasteiger partial charge in [0.2, 0.25) is 0 Å². The predicted molar refractivity (Wildman–Crippen MR) is 88.6 cm³/mol. The normalized spacial score (nSPS) is 13.0. The number of nitrogens with one attached hydrogen (secondary N) is 1. The van der Waals surface area contributed by atoms with E-state index in [9.17, 15) is 4.79 Å². The van der Waals surface area contributed by atoms with Crippen LogP contribution in [-0.4, -0.2) is 24.0 Å². The summed E-state index contributed by atoms with van der Waals surface area (Å²) in [6.07, 6.45) is 6.56. The fourth-order valence-corrected chi connectivity index (χ4v) is 2.79. The van der Waals surface area contributed by atoms with Crippen LogP contribution in [0.3, 0.4) is 0 Å². The van der Waals surface area contributed by atoms with Gasteiger partial charge in [0.05, 0.1) is 17.4 Å². The van der Waals surface area contributed by atoms with Crippen LogP contribution in [0.1, 0.15) is 35.7 Å². The van der Waals surface area contributed by atoms with Crippen LogP contribution in [0.25, 0.3) is 0 Å². The molecule has 4 nitrogen and oxygen atoms in total. The minimum absolute atomic E-state index is 0.0460. The third-order valence-electron chi connectivity index (χ3n) is 4.00. The largest absolute Gasteiger partial charge is 0.352 e. The lowest BCUT2D eigenvalue weighted by Gasteiger charge is -2.19. The van der Waals surface area contributed by atoms with E-state index < -0.39 is 0 Å². The fourth-order valence-electron chi connectivity index (χ4n) is 2.79. The van der Waals surface area contributed by atoms with Crippen LogP contribution in [0.15, 0.2) is 42.7 Å². The Labute approximate surface area is 131 Å². The Morgan fingerprint density at radius 2 is 2.18 bits per heavy atom. The van der Waals surface area contributed by atoms with Crippen molar-refractivity contribution < 1.29 is 4.79 Å². The molecule has 1 N–H and O–H groups in total. The number of amides is 1. The van der Waals surface area contributed by atoms with Crippen molar-refractivity contribution in [1.29, 1.82) is 0 Å². The summed E-state index contributed by atoms with van der Waals surface area (Å²) in [6.45, 7) is 3.76. The molecule has 1 amide bonds. The molecular weight excluding hydrogens is 274 g/mol. The zero-order valence-corrected chi connectivity index (χ0v) is 12.9. The number of fused-ring (bicyclic) bond motifs is 1. The van der Waals surface area contributed by atoms with Gasteiger partial charge in [-0.2, -0.15) is 0 Å².